The van der Waals surface area contributed by atoms with Gasteiger partial charge in [0.25, 0.3) is 0 Å². The predicted octanol–water partition coefficient (Wildman–Crippen LogP) is 4.14. The van der Waals surface area contributed by atoms with E-state index in [1.54, 1.807) is 0 Å². The molecule has 0 saturated carbocycles. The molecule has 0 radical (unpaired) electrons. The quantitative estimate of drug-likeness (QED) is 0.624. The summed E-state index contributed by atoms with van der Waals surface area (Å²) in [6.45, 7) is 5.33. The van der Waals surface area contributed by atoms with Crippen molar-refractivity contribution in [1.82, 2.24) is 18.6 Å². The molecule has 1 N–H and O–H groups in total. The number of carbonyl (C=O) groups excluding carboxylic acids is 1. The molecule has 0 atom stereocenters. The van der Waals surface area contributed by atoms with Crippen molar-refractivity contribution in [3.8, 4) is 11.1 Å². The summed E-state index contributed by atoms with van der Waals surface area (Å²) in [5.74, 6) is 0.534. The molecule has 0 aliphatic carbocycles. The molecule has 0 aliphatic heterocycles. The van der Waals surface area contributed by atoms with E-state index >= 15 is 0 Å². The number of aromatic nitrogens is 2. The Hall–Kier alpha value is -2.31. The smallest absolute Gasteiger partial charge is 0.235 e. The van der Waals surface area contributed by atoms with Gasteiger partial charge >= 0.3 is 0 Å². The molecule has 1 aromatic carbocycles. The zero-order chi connectivity index (χ0) is 19.4. The third-order valence-corrected chi connectivity index (χ3v) is 4.92. The van der Waals surface area contributed by atoms with E-state index in [0.717, 1.165) is 28.6 Å². The number of benzene rings is 1. The summed E-state index contributed by atoms with van der Waals surface area (Å²) in [6.07, 6.45) is 6.12. The van der Waals surface area contributed by atoms with E-state index in [9.17, 15) is 4.79 Å². The second-order valence-electron chi connectivity index (χ2n) is 7.27. The van der Waals surface area contributed by atoms with Crippen molar-refractivity contribution in [3.05, 3.63) is 54.5 Å². The fourth-order valence-corrected chi connectivity index (χ4v) is 3.49. The van der Waals surface area contributed by atoms with E-state index in [1.165, 1.54) is 17.7 Å². The molecule has 3 rings (SSSR count). The third-order valence-electron chi connectivity index (χ3n) is 4.23. The van der Waals surface area contributed by atoms with Crippen LogP contribution in [0, 0.1) is 5.92 Å². The van der Waals surface area contributed by atoms with E-state index < -0.39 is 0 Å². The lowest BCUT2D eigenvalue weighted by Gasteiger charge is -2.09. The second kappa shape index (κ2) is 8.59. The van der Waals surface area contributed by atoms with Gasteiger partial charge < -0.3 is 4.57 Å². The Labute approximate surface area is 165 Å². The highest BCUT2D eigenvalue weighted by Gasteiger charge is 2.14. The van der Waals surface area contributed by atoms with Crippen molar-refractivity contribution in [2.24, 2.45) is 5.92 Å². The maximum atomic E-state index is 12.3. The molecular weight excluding hydrogens is 356 g/mol. The number of rotatable bonds is 7. The summed E-state index contributed by atoms with van der Waals surface area (Å²) in [6, 6.07) is 10.5. The molecule has 0 saturated heterocycles. The van der Waals surface area contributed by atoms with Crippen molar-refractivity contribution < 1.29 is 4.79 Å². The number of hydrogen-bond acceptors (Lipinski definition) is 4. The molecule has 0 bridgehead atoms. The van der Waals surface area contributed by atoms with E-state index in [1.807, 2.05) is 42.9 Å². The highest BCUT2D eigenvalue weighted by molar-refractivity contribution is 7.95. The fourth-order valence-electron chi connectivity index (χ4n) is 3.13. The normalized spacial score (nSPS) is 11.5. The molecular formula is C21H26N4OS. The minimum atomic E-state index is 0.00973. The number of amides is 1. The van der Waals surface area contributed by atoms with Gasteiger partial charge in [0.2, 0.25) is 5.91 Å². The maximum Gasteiger partial charge on any atom is 0.235 e. The van der Waals surface area contributed by atoms with Crippen LogP contribution in [0.4, 0.5) is 0 Å². The molecule has 0 fully saturated rings. The summed E-state index contributed by atoms with van der Waals surface area (Å²) in [4.78, 5) is 16.4. The molecule has 2 heterocycles. The molecule has 0 aliphatic rings. The molecule has 3 aromatic rings. The van der Waals surface area contributed by atoms with E-state index in [2.05, 4.69) is 52.5 Å². The highest BCUT2D eigenvalue weighted by atomic mass is 32.2. The predicted molar refractivity (Wildman–Crippen MR) is 113 cm³/mol. The first kappa shape index (κ1) is 19.5. The first-order valence-corrected chi connectivity index (χ1v) is 9.86. The lowest BCUT2D eigenvalue weighted by Crippen LogP contribution is -2.22. The average molecular weight is 383 g/mol. The molecule has 2 aromatic heterocycles. The minimum absolute atomic E-state index is 0.00973. The van der Waals surface area contributed by atoms with Gasteiger partial charge in [-0.25, -0.2) is 4.31 Å². The van der Waals surface area contributed by atoms with Crippen molar-refractivity contribution in [2.75, 3.05) is 14.1 Å². The molecule has 27 heavy (non-hydrogen) atoms. The Bertz CT molecular complexity index is 919. The van der Waals surface area contributed by atoms with Crippen LogP contribution >= 0.6 is 12.1 Å². The van der Waals surface area contributed by atoms with Crippen molar-refractivity contribution in [3.63, 3.8) is 0 Å². The van der Waals surface area contributed by atoms with Gasteiger partial charge in [0, 0.05) is 48.2 Å². The van der Waals surface area contributed by atoms with Crippen LogP contribution in [0.3, 0.4) is 0 Å². The molecule has 6 heteroatoms. The summed E-state index contributed by atoms with van der Waals surface area (Å²) in [7, 11) is 3.81. The maximum absolute atomic E-state index is 12.3. The van der Waals surface area contributed by atoms with E-state index in [-0.39, 0.29) is 5.91 Å². The minimum Gasteiger partial charge on any atom is -0.347 e. The SMILES string of the molecule is CC(C)Cn1cc(CC(=O)NSN(C)C)c2ccc(-c3ccncc3)cc21. The monoisotopic (exact) mass is 382 g/mol. The van der Waals surface area contributed by atoms with Gasteiger partial charge in [0.05, 0.1) is 6.42 Å². The van der Waals surface area contributed by atoms with Gasteiger partial charge in [-0.2, -0.15) is 0 Å². The Morgan fingerprint density at radius 2 is 1.93 bits per heavy atom. The molecule has 0 spiro atoms. The first-order valence-electron chi connectivity index (χ1n) is 9.09. The first-order chi connectivity index (χ1) is 12.9. The second-order valence-corrected chi connectivity index (χ2v) is 8.39. The topological polar surface area (TPSA) is 50.2 Å². The van der Waals surface area contributed by atoms with Crippen LogP contribution in [0.25, 0.3) is 22.0 Å². The Morgan fingerprint density at radius 3 is 2.59 bits per heavy atom. The molecule has 0 unspecified atom stereocenters. The number of nitrogens with one attached hydrogen (secondary N) is 1. The van der Waals surface area contributed by atoms with Crippen LogP contribution in [0.5, 0.6) is 0 Å². The van der Waals surface area contributed by atoms with Crippen LogP contribution < -0.4 is 4.72 Å². The fraction of sp³-hybridized carbons (Fsp3) is 0.333. The van der Waals surface area contributed by atoms with Gasteiger partial charge in [-0.3, -0.25) is 14.5 Å². The molecule has 5 nitrogen and oxygen atoms in total. The van der Waals surface area contributed by atoms with Crippen LogP contribution in [0.15, 0.2) is 48.9 Å². The Balaban J connectivity index is 1.96. The van der Waals surface area contributed by atoms with Gasteiger partial charge in [-0.15, -0.1) is 0 Å². The van der Waals surface area contributed by atoms with Crippen LogP contribution in [-0.4, -0.2) is 33.9 Å². The Kier molecular flexibility index (Phi) is 6.19. The van der Waals surface area contributed by atoms with Crippen LogP contribution in [-0.2, 0) is 17.8 Å². The summed E-state index contributed by atoms with van der Waals surface area (Å²) in [5, 5.41) is 1.14. The number of carbonyl (C=O) groups is 1. The van der Waals surface area contributed by atoms with E-state index in [0.29, 0.717) is 12.3 Å². The van der Waals surface area contributed by atoms with Gasteiger partial charge in [-0.05, 0) is 54.9 Å². The van der Waals surface area contributed by atoms with Crippen molar-refractivity contribution >= 4 is 28.9 Å². The van der Waals surface area contributed by atoms with Crippen LogP contribution in [0.1, 0.15) is 19.4 Å². The third kappa shape index (κ3) is 4.90. The van der Waals surface area contributed by atoms with Gasteiger partial charge in [0.1, 0.15) is 0 Å². The zero-order valence-electron chi connectivity index (χ0n) is 16.3. The molecule has 1 amide bonds. The van der Waals surface area contributed by atoms with Gasteiger partial charge in [0.15, 0.2) is 0 Å². The lowest BCUT2D eigenvalue weighted by molar-refractivity contribution is -0.118. The molecule has 142 valence electrons. The number of hydrogen-bond donors (Lipinski definition) is 1. The van der Waals surface area contributed by atoms with Gasteiger partial charge in [-0.1, -0.05) is 26.0 Å². The van der Waals surface area contributed by atoms with Crippen molar-refractivity contribution in [2.45, 2.75) is 26.8 Å². The number of pyridine rings is 1. The number of fused-ring (bicyclic) bond motifs is 1. The van der Waals surface area contributed by atoms with E-state index in [4.69, 9.17) is 0 Å². The van der Waals surface area contributed by atoms with Crippen LogP contribution in [0.2, 0.25) is 0 Å². The number of nitrogens with zero attached hydrogens (tertiary/aromatic N) is 3. The summed E-state index contributed by atoms with van der Waals surface area (Å²) >= 11 is 1.30. The highest BCUT2D eigenvalue weighted by Crippen LogP contribution is 2.28. The lowest BCUT2D eigenvalue weighted by atomic mass is 10.0. The Morgan fingerprint density at radius 1 is 1.19 bits per heavy atom. The average Bonchev–Trinajstić information content (AvgIpc) is 2.97. The standard InChI is InChI=1S/C21H26N4OS/c1-15(2)13-25-14-18(12-21(26)23-27-24(3)4)19-6-5-17(11-20(19)25)16-7-9-22-10-8-16/h5-11,14-15H,12-13H2,1-4H3,(H,23,26). The summed E-state index contributed by atoms with van der Waals surface area (Å²) in [5.41, 5.74) is 4.53. The zero-order valence-corrected chi connectivity index (χ0v) is 17.1. The van der Waals surface area contributed by atoms with Crippen molar-refractivity contribution in [1.29, 1.82) is 0 Å². The summed E-state index contributed by atoms with van der Waals surface area (Å²) < 4.78 is 7.00. The largest absolute Gasteiger partial charge is 0.347 e.